The molecule has 2 N–H and O–H groups in total. The van der Waals surface area contributed by atoms with Crippen LogP contribution in [0.15, 0.2) is 28.6 Å². The van der Waals surface area contributed by atoms with Crippen molar-refractivity contribution in [1.82, 2.24) is 5.32 Å². The minimum absolute atomic E-state index is 0.291. The predicted molar refractivity (Wildman–Crippen MR) is 80.5 cm³/mol. The van der Waals surface area contributed by atoms with Crippen LogP contribution in [0.2, 0.25) is 0 Å². The summed E-state index contributed by atoms with van der Waals surface area (Å²) in [6.45, 7) is 2.56. The van der Waals surface area contributed by atoms with E-state index in [0.717, 1.165) is 6.42 Å². The summed E-state index contributed by atoms with van der Waals surface area (Å²) >= 11 is 0. The van der Waals surface area contributed by atoms with Gasteiger partial charge in [-0.2, -0.15) is 4.36 Å². The normalized spacial score (nSPS) is 10.8. The van der Waals surface area contributed by atoms with Crippen LogP contribution in [-0.2, 0) is 9.73 Å². The Labute approximate surface area is 119 Å². The molecular weight excluding hydrogens is 278 g/mol. The molecule has 1 aromatic rings. The Morgan fingerprint density at radius 2 is 1.80 bits per heavy atom. The number of nitrogens with zero attached hydrogens (tertiary/aromatic N) is 1. The molecule has 0 saturated carbocycles. The molecule has 0 spiro atoms. The highest BCUT2D eigenvalue weighted by molar-refractivity contribution is 7.92. The molecule has 0 atom stereocenters. The predicted octanol–water partition coefficient (Wildman–Crippen LogP) is 2.09. The zero-order valence-electron chi connectivity index (χ0n) is 11.8. The summed E-state index contributed by atoms with van der Waals surface area (Å²) < 4.78 is 15.0. The van der Waals surface area contributed by atoms with Gasteiger partial charge in [-0.05, 0) is 30.7 Å². The lowest BCUT2D eigenvalue weighted by atomic mass is 10.2. The van der Waals surface area contributed by atoms with E-state index in [1.54, 1.807) is 12.1 Å². The van der Waals surface area contributed by atoms with Crippen LogP contribution in [-0.4, -0.2) is 35.2 Å². The first-order chi connectivity index (χ1) is 9.31. The molecular formula is C13H19N3O3S. The van der Waals surface area contributed by atoms with Gasteiger partial charge in [-0.1, -0.05) is 6.92 Å². The average Bonchev–Trinajstić information content (AvgIpc) is 2.35. The van der Waals surface area contributed by atoms with E-state index in [0.29, 0.717) is 17.8 Å². The van der Waals surface area contributed by atoms with E-state index in [1.165, 1.54) is 24.6 Å². The summed E-state index contributed by atoms with van der Waals surface area (Å²) in [5.74, 6) is -0.526. The summed E-state index contributed by atoms with van der Waals surface area (Å²) in [6, 6.07) is 5.97. The lowest BCUT2D eigenvalue weighted by molar-refractivity contribution is 0.100. The highest BCUT2D eigenvalue weighted by Crippen LogP contribution is 2.11. The number of urea groups is 1. The minimum Gasteiger partial charge on any atom is -0.338 e. The molecule has 1 rings (SSSR count). The Hall–Kier alpha value is -1.89. The first-order valence-electron chi connectivity index (χ1n) is 6.18. The second kappa shape index (κ2) is 7.04. The van der Waals surface area contributed by atoms with Crippen molar-refractivity contribution in [2.75, 3.05) is 24.4 Å². The third kappa shape index (κ3) is 5.83. The Balaban J connectivity index is 2.72. The van der Waals surface area contributed by atoms with Crippen LogP contribution in [0.5, 0.6) is 0 Å². The first-order valence-corrected chi connectivity index (χ1v) is 8.51. The molecule has 110 valence electrons. The molecule has 0 aliphatic carbocycles. The number of carbonyl (C=O) groups excluding carboxylic acids is 2. The van der Waals surface area contributed by atoms with Crippen LogP contribution in [0.25, 0.3) is 0 Å². The van der Waals surface area contributed by atoms with Crippen molar-refractivity contribution in [1.29, 1.82) is 0 Å². The molecule has 0 bridgehead atoms. The zero-order valence-corrected chi connectivity index (χ0v) is 12.6. The van der Waals surface area contributed by atoms with Gasteiger partial charge in [0.05, 0.1) is 0 Å². The van der Waals surface area contributed by atoms with Crippen LogP contribution in [0.4, 0.5) is 10.5 Å². The molecule has 0 aromatic heterocycles. The standard InChI is InChI=1S/C13H19N3O3S/c1-4-9-14-13(18)15-11-7-5-10(6-8-11)12(17)16-20(2,3)19/h5-8H,4,9H2,1-3H3,(H2,14,15,18). The highest BCUT2D eigenvalue weighted by atomic mass is 32.2. The highest BCUT2D eigenvalue weighted by Gasteiger charge is 2.06. The average molecular weight is 297 g/mol. The van der Waals surface area contributed by atoms with Gasteiger partial charge in [0.2, 0.25) is 0 Å². The van der Waals surface area contributed by atoms with Crippen LogP contribution < -0.4 is 10.6 Å². The monoisotopic (exact) mass is 297 g/mol. The molecule has 0 heterocycles. The number of anilines is 1. The van der Waals surface area contributed by atoms with E-state index in [2.05, 4.69) is 15.0 Å². The van der Waals surface area contributed by atoms with Crippen LogP contribution in [0, 0.1) is 0 Å². The molecule has 0 radical (unpaired) electrons. The Morgan fingerprint density at radius 3 is 2.30 bits per heavy atom. The van der Waals surface area contributed by atoms with Crippen LogP contribution in [0.1, 0.15) is 23.7 Å². The van der Waals surface area contributed by atoms with Gasteiger partial charge in [0.15, 0.2) is 0 Å². The Bertz CT molecular complexity index is 594. The van der Waals surface area contributed by atoms with Gasteiger partial charge in [0.25, 0.3) is 5.91 Å². The van der Waals surface area contributed by atoms with Gasteiger partial charge in [-0.3, -0.25) is 4.79 Å². The van der Waals surface area contributed by atoms with Crippen molar-refractivity contribution in [3.05, 3.63) is 29.8 Å². The molecule has 3 amide bonds. The maximum atomic E-state index is 11.7. The van der Waals surface area contributed by atoms with Crippen LogP contribution in [0.3, 0.4) is 0 Å². The van der Waals surface area contributed by atoms with E-state index in [1.807, 2.05) is 6.92 Å². The molecule has 20 heavy (non-hydrogen) atoms. The quantitative estimate of drug-likeness (QED) is 0.892. The van der Waals surface area contributed by atoms with E-state index in [-0.39, 0.29) is 6.03 Å². The number of rotatable bonds is 4. The van der Waals surface area contributed by atoms with Gasteiger partial charge >= 0.3 is 6.03 Å². The number of amides is 3. The molecule has 7 heteroatoms. The summed E-state index contributed by atoms with van der Waals surface area (Å²) in [5, 5.41) is 5.32. The second-order valence-corrected chi connectivity index (χ2v) is 7.08. The number of carbonyl (C=O) groups is 2. The molecule has 0 aliphatic rings. The topological polar surface area (TPSA) is 87.6 Å². The number of nitrogens with one attached hydrogen (secondary N) is 2. The molecule has 1 aromatic carbocycles. The van der Waals surface area contributed by atoms with E-state index < -0.39 is 15.6 Å². The van der Waals surface area contributed by atoms with E-state index in [4.69, 9.17) is 0 Å². The summed E-state index contributed by atoms with van der Waals surface area (Å²) in [4.78, 5) is 23.1. The number of hydrogen-bond donors (Lipinski definition) is 2. The fourth-order valence-corrected chi connectivity index (χ4v) is 1.87. The van der Waals surface area contributed by atoms with E-state index in [9.17, 15) is 13.8 Å². The molecule has 0 saturated heterocycles. The van der Waals surface area contributed by atoms with Crippen molar-refractivity contribution < 1.29 is 13.8 Å². The zero-order chi connectivity index (χ0) is 15.2. The third-order valence-electron chi connectivity index (χ3n) is 2.23. The molecule has 0 unspecified atom stereocenters. The lowest BCUT2D eigenvalue weighted by Crippen LogP contribution is -2.29. The SMILES string of the molecule is CCCNC(=O)Nc1ccc(C(=O)N=S(C)(C)=O)cc1. The van der Waals surface area contributed by atoms with Crippen molar-refractivity contribution >= 4 is 27.4 Å². The van der Waals surface area contributed by atoms with Gasteiger partial charge in [-0.25, -0.2) is 9.00 Å². The van der Waals surface area contributed by atoms with E-state index >= 15 is 0 Å². The van der Waals surface area contributed by atoms with Gasteiger partial charge < -0.3 is 10.6 Å². The maximum Gasteiger partial charge on any atom is 0.319 e. The Kier molecular flexibility index (Phi) is 5.69. The number of hydrogen-bond acceptors (Lipinski definition) is 3. The van der Waals surface area contributed by atoms with Crippen molar-refractivity contribution in [3.8, 4) is 0 Å². The summed E-state index contributed by atoms with van der Waals surface area (Å²) in [6.07, 6.45) is 3.66. The van der Waals surface area contributed by atoms with Gasteiger partial charge in [-0.15, -0.1) is 0 Å². The molecule has 0 fully saturated rings. The smallest absolute Gasteiger partial charge is 0.319 e. The maximum absolute atomic E-state index is 11.7. The largest absolute Gasteiger partial charge is 0.338 e. The van der Waals surface area contributed by atoms with Crippen molar-refractivity contribution in [3.63, 3.8) is 0 Å². The fourth-order valence-electron chi connectivity index (χ4n) is 1.36. The number of benzene rings is 1. The summed E-state index contributed by atoms with van der Waals surface area (Å²) in [7, 11) is -2.47. The first kappa shape index (κ1) is 16.2. The fraction of sp³-hybridized carbons (Fsp3) is 0.385. The van der Waals surface area contributed by atoms with Gasteiger partial charge in [0.1, 0.15) is 0 Å². The summed E-state index contributed by atoms with van der Waals surface area (Å²) in [5.41, 5.74) is 0.907. The molecule has 6 nitrogen and oxygen atoms in total. The van der Waals surface area contributed by atoms with Gasteiger partial charge in [0, 0.05) is 40.0 Å². The lowest BCUT2D eigenvalue weighted by Gasteiger charge is -2.06. The molecule has 0 aliphatic heterocycles. The third-order valence-corrected chi connectivity index (χ3v) is 2.83. The Morgan fingerprint density at radius 1 is 1.20 bits per heavy atom. The second-order valence-electron chi connectivity index (χ2n) is 4.54. The minimum atomic E-state index is -2.47. The van der Waals surface area contributed by atoms with Crippen LogP contribution >= 0.6 is 0 Å². The van der Waals surface area contributed by atoms with Crippen molar-refractivity contribution in [2.45, 2.75) is 13.3 Å². The van der Waals surface area contributed by atoms with Crippen molar-refractivity contribution in [2.24, 2.45) is 4.36 Å².